The maximum Gasteiger partial charge on any atom is 0.0681 e. The lowest BCUT2D eigenvalue weighted by atomic mass is 10.1. The van der Waals surface area contributed by atoms with Crippen molar-refractivity contribution in [1.82, 2.24) is 4.90 Å². The number of benzene rings is 1. The van der Waals surface area contributed by atoms with Gasteiger partial charge in [0.1, 0.15) is 0 Å². The lowest BCUT2D eigenvalue weighted by molar-refractivity contribution is 0.281. The molecule has 0 aliphatic carbocycles. The van der Waals surface area contributed by atoms with E-state index in [-0.39, 0.29) is 6.61 Å². The van der Waals surface area contributed by atoms with Gasteiger partial charge in [0.15, 0.2) is 0 Å². The highest BCUT2D eigenvalue weighted by atomic mass is 16.3. The summed E-state index contributed by atoms with van der Waals surface area (Å²) in [5, 5.41) is 8.94. The molecule has 0 bridgehead atoms. The van der Waals surface area contributed by atoms with Gasteiger partial charge in [-0.05, 0) is 24.7 Å². The van der Waals surface area contributed by atoms with Crippen molar-refractivity contribution in [3.05, 3.63) is 35.4 Å². The standard InChI is InChI=1S/C11H17NO/c1-3-12(2)8-10-5-4-6-11(7-10)9-13/h4-7,13H,3,8-9H2,1-2H3. The minimum Gasteiger partial charge on any atom is -0.392 e. The lowest BCUT2D eigenvalue weighted by Gasteiger charge is -2.13. The number of aliphatic hydroxyl groups excluding tert-OH is 1. The van der Waals surface area contributed by atoms with E-state index in [0.717, 1.165) is 18.7 Å². The SMILES string of the molecule is CCN(C)Cc1cccc(CO)c1. The van der Waals surface area contributed by atoms with Gasteiger partial charge in [-0.15, -0.1) is 0 Å². The molecule has 1 aromatic rings. The summed E-state index contributed by atoms with van der Waals surface area (Å²) in [7, 11) is 2.09. The topological polar surface area (TPSA) is 23.5 Å². The van der Waals surface area contributed by atoms with Crippen molar-refractivity contribution >= 4 is 0 Å². The second-order valence-electron chi connectivity index (χ2n) is 3.31. The van der Waals surface area contributed by atoms with Crippen LogP contribution in [0.2, 0.25) is 0 Å². The average molecular weight is 179 g/mol. The highest BCUT2D eigenvalue weighted by Crippen LogP contribution is 2.07. The molecule has 1 N–H and O–H groups in total. The Morgan fingerprint density at radius 2 is 2.00 bits per heavy atom. The highest BCUT2D eigenvalue weighted by molar-refractivity contribution is 5.22. The number of rotatable bonds is 4. The van der Waals surface area contributed by atoms with Crippen molar-refractivity contribution in [2.24, 2.45) is 0 Å². The lowest BCUT2D eigenvalue weighted by Crippen LogP contribution is -2.16. The molecule has 1 aromatic carbocycles. The molecule has 2 nitrogen and oxygen atoms in total. The van der Waals surface area contributed by atoms with Gasteiger partial charge in [-0.25, -0.2) is 0 Å². The smallest absolute Gasteiger partial charge is 0.0681 e. The molecule has 0 spiro atoms. The van der Waals surface area contributed by atoms with Crippen LogP contribution in [0.3, 0.4) is 0 Å². The van der Waals surface area contributed by atoms with Crippen molar-refractivity contribution in [1.29, 1.82) is 0 Å². The average Bonchev–Trinajstić information content (AvgIpc) is 2.18. The van der Waals surface area contributed by atoms with Crippen LogP contribution >= 0.6 is 0 Å². The van der Waals surface area contributed by atoms with E-state index in [1.165, 1.54) is 5.56 Å². The predicted molar refractivity (Wildman–Crippen MR) is 54.4 cm³/mol. The number of aliphatic hydroxyl groups is 1. The quantitative estimate of drug-likeness (QED) is 0.759. The van der Waals surface area contributed by atoms with Crippen LogP contribution in [0.15, 0.2) is 24.3 Å². The Balaban J connectivity index is 2.66. The number of hydrogen-bond donors (Lipinski definition) is 1. The van der Waals surface area contributed by atoms with Crippen molar-refractivity contribution in [2.75, 3.05) is 13.6 Å². The Kier molecular flexibility index (Phi) is 3.93. The van der Waals surface area contributed by atoms with E-state index in [1.54, 1.807) is 0 Å². The number of nitrogens with zero attached hydrogens (tertiary/aromatic N) is 1. The molecular weight excluding hydrogens is 162 g/mol. The summed E-state index contributed by atoms with van der Waals surface area (Å²) in [6, 6.07) is 8.07. The Labute approximate surface area is 79.8 Å². The normalized spacial score (nSPS) is 10.8. The first kappa shape index (κ1) is 10.2. The first-order valence-electron chi connectivity index (χ1n) is 4.63. The van der Waals surface area contributed by atoms with Crippen LogP contribution in [-0.2, 0) is 13.2 Å². The van der Waals surface area contributed by atoms with E-state index in [9.17, 15) is 0 Å². The maximum absolute atomic E-state index is 8.94. The Hall–Kier alpha value is -0.860. The molecule has 0 unspecified atom stereocenters. The van der Waals surface area contributed by atoms with Gasteiger partial charge in [0.05, 0.1) is 6.61 Å². The summed E-state index contributed by atoms with van der Waals surface area (Å²) in [6.45, 7) is 4.26. The summed E-state index contributed by atoms with van der Waals surface area (Å²) < 4.78 is 0. The molecule has 13 heavy (non-hydrogen) atoms. The molecule has 0 aliphatic heterocycles. The van der Waals surface area contributed by atoms with Gasteiger partial charge in [-0.2, -0.15) is 0 Å². The molecule has 2 heteroatoms. The summed E-state index contributed by atoms with van der Waals surface area (Å²) in [4.78, 5) is 2.23. The molecule has 0 aromatic heterocycles. The minimum atomic E-state index is 0.129. The molecule has 0 amide bonds. The Morgan fingerprint density at radius 1 is 1.31 bits per heavy atom. The van der Waals surface area contributed by atoms with E-state index in [0.29, 0.717) is 0 Å². The van der Waals surface area contributed by atoms with E-state index >= 15 is 0 Å². The summed E-state index contributed by atoms with van der Waals surface area (Å²) in [5.41, 5.74) is 2.25. The molecule has 0 fully saturated rings. The van der Waals surface area contributed by atoms with Crippen LogP contribution in [-0.4, -0.2) is 23.6 Å². The number of hydrogen-bond acceptors (Lipinski definition) is 2. The van der Waals surface area contributed by atoms with Crippen LogP contribution in [0.5, 0.6) is 0 Å². The molecule has 0 heterocycles. The van der Waals surface area contributed by atoms with Gasteiger partial charge in [-0.1, -0.05) is 31.2 Å². The van der Waals surface area contributed by atoms with Crippen LogP contribution < -0.4 is 0 Å². The third kappa shape index (κ3) is 3.17. The van der Waals surface area contributed by atoms with Gasteiger partial charge >= 0.3 is 0 Å². The summed E-state index contributed by atoms with van der Waals surface area (Å²) in [5.74, 6) is 0. The van der Waals surface area contributed by atoms with Crippen molar-refractivity contribution < 1.29 is 5.11 Å². The fourth-order valence-corrected chi connectivity index (χ4v) is 1.25. The van der Waals surface area contributed by atoms with Crippen LogP contribution in [0.4, 0.5) is 0 Å². The van der Waals surface area contributed by atoms with Crippen LogP contribution in [0.25, 0.3) is 0 Å². The van der Waals surface area contributed by atoms with E-state index in [2.05, 4.69) is 24.9 Å². The van der Waals surface area contributed by atoms with Gasteiger partial charge in [0.25, 0.3) is 0 Å². The molecule has 0 radical (unpaired) electrons. The molecule has 0 aliphatic rings. The Morgan fingerprint density at radius 3 is 2.62 bits per heavy atom. The molecule has 1 rings (SSSR count). The first-order chi connectivity index (χ1) is 6.26. The molecule has 0 saturated heterocycles. The molecule has 72 valence electrons. The van der Waals surface area contributed by atoms with Crippen molar-refractivity contribution in [3.63, 3.8) is 0 Å². The zero-order valence-electron chi connectivity index (χ0n) is 8.33. The van der Waals surface area contributed by atoms with Crippen molar-refractivity contribution in [3.8, 4) is 0 Å². The van der Waals surface area contributed by atoms with Crippen LogP contribution in [0, 0.1) is 0 Å². The zero-order chi connectivity index (χ0) is 9.68. The van der Waals surface area contributed by atoms with Gasteiger partial charge < -0.3 is 10.0 Å². The minimum absolute atomic E-state index is 0.129. The van der Waals surface area contributed by atoms with E-state index in [4.69, 9.17) is 5.11 Å². The predicted octanol–water partition coefficient (Wildman–Crippen LogP) is 1.63. The van der Waals surface area contributed by atoms with E-state index < -0.39 is 0 Å². The summed E-state index contributed by atoms with van der Waals surface area (Å²) >= 11 is 0. The monoisotopic (exact) mass is 179 g/mol. The Bertz CT molecular complexity index is 260. The molecular formula is C11H17NO. The fraction of sp³-hybridized carbons (Fsp3) is 0.455. The van der Waals surface area contributed by atoms with Crippen molar-refractivity contribution in [2.45, 2.75) is 20.1 Å². The third-order valence-electron chi connectivity index (χ3n) is 2.17. The van der Waals surface area contributed by atoms with Gasteiger partial charge in [0.2, 0.25) is 0 Å². The van der Waals surface area contributed by atoms with Gasteiger partial charge in [0, 0.05) is 6.54 Å². The maximum atomic E-state index is 8.94. The zero-order valence-corrected chi connectivity index (χ0v) is 8.33. The highest BCUT2D eigenvalue weighted by Gasteiger charge is 1.98. The second kappa shape index (κ2) is 5.00. The first-order valence-corrected chi connectivity index (χ1v) is 4.63. The van der Waals surface area contributed by atoms with Crippen LogP contribution in [0.1, 0.15) is 18.1 Å². The second-order valence-corrected chi connectivity index (χ2v) is 3.31. The van der Waals surface area contributed by atoms with E-state index in [1.807, 2.05) is 18.2 Å². The molecule has 0 saturated carbocycles. The van der Waals surface area contributed by atoms with Gasteiger partial charge in [-0.3, -0.25) is 0 Å². The summed E-state index contributed by atoms with van der Waals surface area (Å²) in [6.07, 6.45) is 0. The third-order valence-corrected chi connectivity index (χ3v) is 2.17. The fourth-order valence-electron chi connectivity index (χ4n) is 1.25. The largest absolute Gasteiger partial charge is 0.392 e. The molecule has 0 atom stereocenters.